The molecule has 0 aromatic carbocycles. The first kappa shape index (κ1) is 11.6. The predicted octanol–water partition coefficient (Wildman–Crippen LogP) is 1.62. The summed E-state index contributed by atoms with van der Waals surface area (Å²) in [7, 11) is 2.11. The van der Waals surface area contributed by atoms with E-state index in [9.17, 15) is 0 Å². The van der Waals surface area contributed by atoms with E-state index in [1.54, 1.807) is 11.3 Å². The van der Waals surface area contributed by atoms with Gasteiger partial charge in [0.15, 0.2) is 0 Å². The molecule has 1 aromatic rings. The number of hydrogen-bond acceptors (Lipinski definition) is 4. The van der Waals surface area contributed by atoms with Gasteiger partial charge in [0, 0.05) is 24.0 Å². The van der Waals surface area contributed by atoms with Gasteiger partial charge in [-0.05, 0) is 20.4 Å². The van der Waals surface area contributed by atoms with Crippen LogP contribution in [0.25, 0.3) is 0 Å². The number of hydrogen-bond donors (Lipinski definition) is 1. The molecule has 1 unspecified atom stereocenters. The first-order valence-electron chi connectivity index (χ1n) is 4.96. The monoisotopic (exact) mass is 213 g/mol. The molecular formula is C10H19N3S. The maximum atomic E-state index is 5.89. The van der Waals surface area contributed by atoms with Crippen molar-refractivity contribution in [3.05, 3.63) is 16.1 Å². The lowest BCUT2D eigenvalue weighted by atomic mass is 10.2. The van der Waals surface area contributed by atoms with Gasteiger partial charge in [0.2, 0.25) is 0 Å². The quantitative estimate of drug-likeness (QED) is 0.808. The molecule has 0 saturated carbocycles. The first-order valence-corrected chi connectivity index (χ1v) is 5.84. The van der Waals surface area contributed by atoms with Gasteiger partial charge in [-0.25, -0.2) is 4.98 Å². The second-order valence-electron chi connectivity index (χ2n) is 3.73. The van der Waals surface area contributed by atoms with Crippen molar-refractivity contribution in [2.24, 2.45) is 5.73 Å². The Morgan fingerprint density at radius 1 is 1.64 bits per heavy atom. The highest BCUT2D eigenvalue weighted by molar-refractivity contribution is 7.09. The molecule has 80 valence electrons. The van der Waals surface area contributed by atoms with Crippen LogP contribution in [-0.4, -0.2) is 29.5 Å². The van der Waals surface area contributed by atoms with Crippen LogP contribution in [0.3, 0.4) is 0 Å². The maximum Gasteiger partial charge on any atom is 0.0798 e. The highest BCUT2D eigenvalue weighted by atomic mass is 32.1. The second kappa shape index (κ2) is 5.44. The largest absolute Gasteiger partial charge is 0.327 e. The van der Waals surface area contributed by atoms with Crippen LogP contribution in [0.4, 0.5) is 0 Å². The van der Waals surface area contributed by atoms with Gasteiger partial charge in [0.05, 0.1) is 11.2 Å². The van der Waals surface area contributed by atoms with Gasteiger partial charge < -0.3 is 5.73 Å². The third-order valence-electron chi connectivity index (χ3n) is 2.33. The summed E-state index contributed by atoms with van der Waals surface area (Å²) < 4.78 is 0. The molecule has 0 amide bonds. The van der Waals surface area contributed by atoms with Crippen LogP contribution >= 0.6 is 11.3 Å². The molecule has 0 aliphatic rings. The average molecular weight is 213 g/mol. The molecule has 1 atom stereocenters. The maximum absolute atomic E-state index is 5.89. The van der Waals surface area contributed by atoms with Crippen LogP contribution in [0.1, 0.15) is 23.9 Å². The zero-order valence-corrected chi connectivity index (χ0v) is 9.97. The molecule has 1 aromatic heterocycles. The molecule has 0 spiro atoms. The predicted molar refractivity (Wildman–Crippen MR) is 61.5 cm³/mol. The molecule has 4 heteroatoms. The van der Waals surface area contributed by atoms with Gasteiger partial charge in [-0.2, -0.15) is 0 Å². The Hall–Kier alpha value is -0.450. The first-order chi connectivity index (χ1) is 6.63. The van der Waals surface area contributed by atoms with E-state index in [2.05, 4.69) is 30.8 Å². The zero-order valence-electron chi connectivity index (χ0n) is 9.16. The zero-order chi connectivity index (χ0) is 10.6. The molecular weight excluding hydrogens is 194 g/mol. The van der Waals surface area contributed by atoms with E-state index in [0.29, 0.717) is 0 Å². The highest BCUT2D eigenvalue weighted by Gasteiger charge is 2.08. The minimum atomic E-state index is 0.285. The Balaban J connectivity index is 2.41. The summed E-state index contributed by atoms with van der Waals surface area (Å²) in [5, 5.41) is 0. The molecule has 14 heavy (non-hydrogen) atoms. The molecule has 0 saturated heterocycles. The molecule has 1 rings (SSSR count). The summed E-state index contributed by atoms with van der Waals surface area (Å²) in [5.74, 6) is 0. The lowest BCUT2D eigenvalue weighted by molar-refractivity contribution is 0.302. The summed E-state index contributed by atoms with van der Waals surface area (Å²) in [6.07, 6.45) is 1.03. The number of thiazole rings is 1. The van der Waals surface area contributed by atoms with Crippen molar-refractivity contribution in [3.63, 3.8) is 0 Å². The van der Waals surface area contributed by atoms with E-state index in [1.807, 2.05) is 5.51 Å². The minimum Gasteiger partial charge on any atom is -0.327 e. The van der Waals surface area contributed by atoms with Crippen molar-refractivity contribution >= 4 is 11.3 Å². The van der Waals surface area contributed by atoms with Crippen molar-refractivity contribution in [1.82, 2.24) is 9.88 Å². The van der Waals surface area contributed by atoms with Gasteiger partial charge in [0.1, 0.15) is 0 Å². The number of aryl methyl sites for hydroxylation is 1. The van der Waals surface area contributed by atoms with Gasteiger partial charge >= 0.3 is 0 Å². The SMILES string of the molecule is CCC(N)CN(C)Cc1scnc1C. The lowest BCUT2D eigenvalue weighted by Crippen LogP contribution is -2.34. The van der Waals surface area contributed by atoms with Crippen LogP contribution in [0, 0.1) is 6.92 Å². The molecule has 0 bridgehead atoms. The Morgan fingerprint density at radius 3 is 2.86 bits per heavy atom. The lowest BCUT2D eigenvalue weighted by Gasteiger charge is -2.19. The van der Waals surface area contributed by atoms with E-state index in [0.717, 1.165) is 25.2 Å². The highest BCUT2D eigenvalue weighted by Crippen LogP contribution is 2.14. The van der Waals surface area contributed by atoms with Gasteiger partial charge in [-0.3, -0.25) is 4.90 Å². The van der Waals surface area contributed by atoms with Crippen molar-refractivity contribution < 1.29 is 0 Å². The van der Waals surface area contributed by atoms with Crippen molar-refractivity contribution in [1.29, 1.82) is 0 Å². The van der Waals surface area contributed by atoms with E-state index < -0.39 is 0 Å². The standard InChI is InChI=1S/C10H19N3S/c1-4-9(11)5-13(3)6-10-8(2)12-7-14-10/h7,9H,4-6,11H2,1-3H3. The fourth-order valence-corrected chi connectivity index (χ4v) is 2.17. The van der Waals surface area contributed by atoms with Crippen LogP contribution in [0.15, 0.2) is 5.51 Å². The molecule has 0 aliphatic heterocycles. The van der Waals surface area contributed by atoms with Crippen LogP contribution in [0.5, 0.6) is 0 Å². The summed E-state index contributed by atoms with van der Waals surface area (Å²) in [5.41, 5.74) is 8.93. The number of rotatable bonds is 5. The fraction of sp³-hybridized carbons (Fsp3) is 0.700. The number of aromatic nitrogens is 1. The van der Waals surface area contributed by atoms with Crippen molar-refractivity contribution in [2.75, 3.05) is 13.6 Å². The Kier molecular flexibility index (Phi) is 4.51. The molecule has 1 heterocycles. The van der Waals surface area contributed by atoms with E-state index in [1.165, 1.54) is 4.88 Å². The van der Waals surface area contributed by atoms with Crippen LogP contribution in [-0.2, 0) is 6.54 Å². The van der Waals surface area contributed by atoms with Gasteiger partial charge in [-0.15, -0.1) is 11.3 Å². The summed E-state index contributed by atoms with van der Waals surface area (Å²) in [4.78, 5) is 7.83. The van der Waals surface area contributed by atoms with E-state index >= 15 is 0 Å². The topological polar surface area (TPSA) is 42.1 Å². The van der Waals surface area contributed by atoms with E-state index in [-0.39, 0.29) is 6.04 Å². The third-order valence-corrected chi connectivity index (χ3v) is 3.25. The van der Waals surface area contributed by atoms with Crippen LogP contribution < -0.4 is 5.73 Å². The van der Waals surface area contributed by atoms with Crippen molar-refractivity contribution in [2.45, 2.75) is 32.9 Å². The third kappa shape index (κ3) is 3.36. The number of nitrogens with zero attached hydrogens (tertiary/aromatic N) is 2. The minimum absolute atomic E-state index is 0.285. The summed E-state index contributed by atoms with van der Waals surface area (Å²) >= 11 is 1.72. The second-order valence-corrected chi connectivity index (χ2v) is 4.67. The normalized spacial score (nSPS) is 13.5. The van der Waals surface area contributed by atoms with Gasteiger partial charge in [0.25, 0.3) is 0 Å². The Bertz CT molecular complexity index is 272. The molecule has 0 aliphatic carbocycles. The molecule has 0 radical (unpaired) electrons. The molecule has 2 N–H and O–H groups in total. The smallest absolute Gasteiger partial charge is 0.0798 e. The number of nitrogens with two attached hydrogens (primary N) is 1. The average Bonchev–Trinajstić information content (AvgIpc) is 2.51. The summed E-state index contributed by atoms with van der Waals surface area (Å²) in [6, 6.07) is 0.285. The fourth-order valence-electron chi connectivity index (χ4n) is 1.32. The van der Waals surface area contributed by atoms with Crippen molar-refractivity contribution in [3.8, 4) is 0 Å². The summed E-state index contributed by atoms with van der Waals surface area (Å²) in [6.45, 7) is 6.09. The van der Waals surface area contributed by atoms with Crippen LogP contribution in [0.2, 0.25) is 0 Å². The van der Waals surface area contributed by atoms with Gasteiger partial charge in [-0.1, -0.05) is 6.92 Å². The van der Waals surface area contributed by atoms with E-state index in [4.69, 9.17) is 5.73 Å². The Labute approximate surface area is 89.9 Å². The molecule has 3 nitrogen and oxygen atoms in total. The Morgan fingerprint density at radius 2 is 2.36 bits per heavy atom. The molecule has 0 fully saturated rings. The number of likely N-dealkylation sites (N-methyl/N-ethyl adjacent to an activating group) is 1.